The normalized spacial score (nSPS) is 14.1. The molecule has 7 heteroatoms. The third-order valence-corrected chi connectivity index (χ3v) is 4.59. The average molecular weight is 374 g/mol. The molecule has 1 heterocycles. The van der Waals surface area contributed by atoms with Crippen molar-refractivity contribution in [1.82, 2.24) is 9.80 Å². The zero-order valence-corrected chi connectivity index (χ0v) is 15.2. The lowest BCUT2D eigenvalue weighted by molar-refractivity contribution is 0.0671. The molecule has 1 aliphatic heterocycles. The average Bonchev–Trinajstić information content (AvgIpc) is 2.68. The number of methoxy groups -OCH3 is 1. The Morgan fingerprint density at radius 3 is 2.27 bits per heavy atom. The minimum Gasteiger partial charge on any atom is -0.493 e. The van der Waals surface area contributed by atoms with E-state index in [1.807, 2.05) is 18.2 Å². The fourth-order valence-electron chi connectivity index (χ4n) is 2.88. The number of para-hydroxylation sites is 1. The maximum atomic E-state index is 12.5. The molecule has 2 aromatic carbocycles. The topological polar surface area (TPSA) is 61.9 Å². The van der Waals surface area contributed by atoms with Gasteiger partial charge in [-0.2, -0.15) is 0 Å². The molecule has 0 radical (unpaired) electrons. The molecule has 0 aliphatic carbocycles. The Balaban J connectivity index is 1.59. The number of carbonyl (C=O) groups is 2. The lowest BCUT2D eigenvalue weighted by atomic mass is 10.2. The largest absolute Gasteiger partial charge is 0.493 e. The Morgan fingerprint density at radius 1 is 0.962 bits per heavy atom. The molecular formula is C19H20ClN3O3. The van der Waals surface area contributed by atoms with Crippen molar-refractivity contribution in [2.45, 2.75) is 0 Å². The van der Waals surface area contributed by atoms with E-state index in [2.05, 4.69) is 5.32 Å². The maximum absolute atomic E-state index is 12.5. The predicted molar refractivity (Wildman–Crippen MR) is 101 cm³/mol. The lowest BCUT2D eigenvalue weighted by Crippen LogP contribution is -2.51. The number of hydrogen-bond acceptors (Lipinski definition) is 3. The summed E-state index contributed by atoms with van der Waals surface area (Å²) in [6.45, 7) is 1.92. The summed E-state index contributed by atoms with van der Waals surface area (Å²) < 4.78 is 5.24. The first kappa shape index (κ1) is 18.1. The standard InChI is InChI=1S/C19H20ClN3O3/c1-26-17-15(20)8-5-9-16(17)21-19(25)23-12-10-22(11-13-23)18(24)14-6-3-2-4-7-14/h2-9H,10-13H2,1H3,(H,21,25). The van der Waals surface area contributed by atoms with Crippen molar-refractivity contribution in [3.8, 4) is 5.75 Å². The summed E-state index contributed by atoms with van der Waals surface area (Å²) >= 11 is 6.08. The highest BCUT2D eigenvalue weighted by Gasteiger charge is 2.25. The highest BCUT2D eigenvalue weighted by atomic mass is 35.5. The highest BCUT2D eigenvalue weighted by molar-refractivity contribution is 6.32. The van der Waals surface area contributed by atoms with Crippen LogP contribution in [0.2, 0.25) is 5.02 Å². The number of hydrogen-bond donors (Lipinski definition) is 1. The molecule has 136 valence electrons. The van der Waals surface area contributed by atoms with Crippen LogP contribution in [0, 0.1) is 0 Å². The first-order valence-corrected chi connectivity index (χ1v) is 8.70. The molecule has 0 saturated carbocycles. The number of halogens is 1. The van der Waals surface area contributed by atoms with Crippen LogP contribution in [-0.2, 0) is 0 Å². The molecule has 0 atom stereocenters. The first-order chi connectivity index (χ1) is 12.6. The Hall–Kier alpha value is -2.73. The Bertz CT molecular complexity index is 790. The molecular weight excluding hydrogens is 354 g/mol. The lowest BCUT2D eigenvalue weighted by Gasteiger charge is -2.34. The fraction of sp³-hybridized carbons (Fsp3) is 0.263. The number of piperazine rings is 1. The van der Waals surface area contributed by atoms with Crippen LogP contribution in [0.15, 0.2) is 48.5 Å². The number of ether oxygens (including phenoxy) is 1. The van der Waals surface area contributed by atoms with Crippen molar-refractivity contribution >= 4 is 29.2 Å². The SMILES string of the molecule is COc1c(Cl)cccc1NC(=O)N1CCN(C(=O)c2ccccc2)CC1. The quantitative estimate of drug-likeness (QED) is 0.897. The molecule has 0 unspecified atom stereocenters. The molecule has 1 saturated heterocycles. The van der Waals surface area contributed by atoms with Gasteiger partial charge in [0.15, 0.2) is 5.75 Å². The number of benzene rings is 2. The molecule has 3 amide bonds. The van der Waals surface area contributed by atoms with Crippen molar-refractivity contribution in [3.63, 3.8) is 0 Å². The van der Waals surface area contributed by atoms with E-state index < -0.39 is 0 Å². The molecule has 1 fully saturated rings. The number of nitrogens with one attached hydrogen (secondary N) is 1. The zero-order chi connectivity index (χ0) is 18.5. The Kier molecular flexibility index (Phi) is 5.63. The molecule has 1 aliphatic rings. The van der Waals surface area contributed by atoms with Gasteiger partial charge in [0.1, 0.15) is 0 Å². The van der Waals surface area contributed by atoms with Crippen molar-refractivity contribution in [1.29, 1.82) is 0 Å². The van der Waals surface area contributed by atoms with E-state index in [-0.39, 0.29) is 11.9 Å². The number of nitrogens with zero attached hydrogens (tertiary/aromatic N) is 2. The van der Waals surface area contributed by atoms with Crippen LogP contribution < -0.4 is 10.1 Å². The summed E-state index contributed by atoms with van der Waals surface area (Å²) in [7, 11) is 1.50. The number of urea groups is 1. The summed E-state index contributed by atoms with van der Waals surface area (Å²) in [5, 5.41) is 3.26. The van der Waals surface area contributed by atoms with Gasteiger partial charge in [0.25, 0.3) is 5.91 Å². The molecule has 0 spiro atoms. The van der Waals surface area contributed by atoms with E-state index in [1.54, 1.807) is 40.1 Å². The summed E-state index contributed by atoms with van der Waals surface area (Å²) in [5.41, 5.74) is 1.18. The van der Waals surface area contributed by atoms with E-state index >= 15 is 0 Å². The summed E-state index contributed by atoms with van der Waals surface area (Å²) in [4.78, 5) is 28.4. The van der Waals surface area contributed by atoms with Crippen molar-refractivity contribution in [3.05, 3.63) is 59.1 Å². The van der Waals surface area contributed by atoms with Crippen LogP contribution in [-0.4, -0.2) is 55.0 Å². The van der Waals surface area contributed by atoms with Gasteiger partial charge in [0.2, 0.25) is 0 Å². The second-order valence-corrected chi connectivity index (χ2v) is 6.30. The van der Waals surface area contributed by atoms with Gasteiger partial charge in [0, 0.05) is 31.7 Å². The van der Waals surface area contributed by atoms with Gasteiger partial charge in [-0.25, -0.2) is 4.79 Å². The number of carbonyl (C=O) groups excluding carboxylic acids is 2. The van der Waals surface area contributed by atoms with Crippen LogP contribution in [0.25, 0.3) is 0 Å². The van der Waals surface area contributed by atoms with E-state index in [4.69, 9.17) is 16.3 Å². The smallest absolute Gasteiger partial charge is 0.322 e. The van der Waals surface area contributed by atoms with Crippen LogP contribution in [0.4, 0.5) is 10.5 Å². The van der Waals surface area contributed by atoms with Gasteiger partial charge in [-0.1, -0.05) is 35.9 Å². The third kappa shape index (κ3) is 3.91. The maximum Gasteiger partial charge on any atom is 0.322 e. The van der Waals surface area contributed by atoms with Crippen molar-refractivity contribution in [2.75, 3.05) is 38.6 Å². The summed E-state index contributed by atoms with van der Waals surface area (Å²) in [6, 6.07) is 14.1. The van der Waals surface area contributed by atoms with Crippen molar-refractivity contribution in [2.24, 2.45) is 0 Å². The van der Waals surface area contributed by atoms with Gasteiger partial charge < -0.3 is 19.9 Å². The summed E-state index contributed by atoms with van der Waals surface area (Å²) in [6.07, 6.45) is 0. The van der Waals surface area contributed by atoms with E-state index in [9.17, 15) is 9.59 Å². The molecule has 0 bridgehead atoms. The summed E-state index contributed by atoms with van der Waals surface area (Å²) in [5.74, 6) is 0.419. The van der Waals surface area contributed by atoms with Crippen LogP contribution in [0.3, 0.4) is 0 Å². The predicted octanol–water partition coefficient (Wildman–Crippen LogP) is 3.34. The molecule has 6 nitrogen and oxygen atoms in total. The highest BCUT2D eigenvalue weighted by Crippen LogP contribution is 2.32. The number of anilines is 1. The van der Waals surface area contributed by atoms with E-state index in [0.29, 0.717) is 48.2 Å². The van der Waals surface area contributed by atoms with Crippen LogP contribution in [0.5, 0.6) is 5.75 Å². The molecule has 26 heavy (non-hydrogen) atoms. The third-order valence-electron chi connectivity index (χ3n) is 4.29. The zero-order valence-electron chi connectivity index (χ0n) is 14.4. The second-order valence-electron chi connectivity index (χ2n) is 5.90. The second kappa shape index (κ2) is 8.10. The van der Waals surface area contributed by atoms with E-state index in [1.165, 1.54) is 7.11 Å². The molecule has 3 rings (SSSR count). The van der Waals surface area contributed by atoms with Gasteiger partial charge in [-0.3, -0.25) is 4.79 Å². The molecule has 1 N–H and O–H groups in total. The minimum absolute atomic E-state index is 0.0119. The first-order valence-electron chi connectivity index (χ1n) is 8.33. The van der Waals surface area contributed by atoms with E-state index in [0.717, 1.165) is 0 Å². The van der Waals surface area contributed by atoms with Gasteiger partial charge in [-0.15, -0.1) is 0 Å². The fourth-order valence-corrected chi connectivity index (χ4v) is 3.14. The van der Waals surface area contributed by atoms with Crippen LogP contribution in [0.1, 0.15) is 10.4 Å². The van der Waals surface area contributed by atoms with Gasteiger partial charge in [0.05, 0.1) is 17.8 Å². The van der Waals surface area contributed by atoms with Crippen molar-refractivity contribution < 1.29 is 14.3 Å². The van der Waals surface area contributed by atoms with Crippen LogP contribution >= 0.6 is 11.6 Å². The van der Waals surface area contributed by atoms with Gasteiger partial charge in [-0.05, 0) is 24.3 Å². The monoisotopic (exact) mass is 373 g/mol. The Morgan fingerprint density at radius 2 is 1.62 bits per heavy atom. The minimum atomic E-state index is -0.239. The Labute approximate surface area is 157 Å². The number of rotatable bonds is 3. The molecule has 2 aromatic rings. The molecule has 0 aromatic heterocycles. The number of amides is 3. The van der Waals surface area contributed by atoms with Gasteiger partial charge >= 0.3 is 6.03 Å².